The van der Waals surface area contributed by atoms with Gasteiger partial charge in [-0.2, -0.15) is 5.10 Å². The van der Waals surface area contributed by atoms with Gasteiger partial charge in [0.2, 0.25) is 5.91 Å². The summed E-state index contributed by atoms with van der Waals surface area (Å²) in [4.78, 5) is 23.8. The molecule has 0 aliphatic heterocycles. The van der Waals surface area contributed by atoms with Crippen molar-refractivity contribution in [2.24, 2.45) is 0 Å². The van der Waals surface area contributed by atoms with E-state index >= 15 is 0 Å². The summed E-state index contributed by atoms with van der Waals surface area (Å²) in [7, 11) is 0. The van der Waals surface area contributed by atoms with E-state index in [4.69, 9.17) is 0 Å². The number of nitrogens with zero attached hydrogens (tertiary/aromatic N) is 2. The van der Waals surface area contributed by atoms with E-state index < -0.39 is 0 Å². The highest BCUT2D eigenvalue weighted by Crippen LogP contribution is 2.05. The lowest BCUT2D eigenvalue weighted by Crippen LogP contribution is -2.37. The van der Waals surface area contributed by atoms with Gasteiger partial charge in [0.15, 0.2) is 0 Å². The smallest absolute Gasteiger partial charge is 0.269 e. The largest absolute Gasteiger partial charge is 0.350 e. The molecule has 0 fully saturated rings. The number of rotatable bonds is 6. The average molecular weight is 318 g/mol. The van der Waals surface area contributed by atoms with Crippen LogP contribution in [0.4, 0.5) is 4.39 Å². The molecule has 0 spiro atoms. The maximum atomic E-state index is 13.4. The SMILES string of the molecule is CCn1nc(C)cc1C(=O)NCC(=O)NCc1ccccc1F. The Hall–Kier alpha value is -2.70. The molecule has 0 saturated carbocycles. The average Bonchev–Trinajstić information content (AvgIpc) is 2.93. The Balaban J connectivity index is 1.84. The molecule has 0 radical (unpaired) electrons. The van der Waals surface area contributed by atoms with Gasteiger partial charge in [-0.05, 0) is 26.0 Å². The number of nitrogens with one attached hydrogen (secondary N) is 2. The highest BCUT2D eigenvalue weighted by Gasteiger charge is 2.14. The van der Waals surface area contributed by atoms with E-state index in [2.05, 4.69) is 15.7 Å². The van der Waals surface area contributed by atoms with Gasteiger partial charge in [-0.1, -0.05) is 18.2 Å². The van der Waals surface area contributed by atoms with Crippen LogP contribution in [0.25, 0.3) is 0 Å². The van der Waals surface area contributed by atoms with Crippen molar-refractivity contribution in [3.63, 3.8) is 0 Å². The molecule has 0 aliphatic rings. The number of carbonyl (C=O) groups excluding carboxylic acids is 2. The molecule has 2 aromatic rings. The van der Waals surface area contributed by atoms with Crippen molar-refractivity contribution in [3.8, 4) is 0 Å². The van der Waals surface area contributed by atoms with Crippen LogP contribution in [0.5, 0.6) is 0 Å². The molecule has 0 saturated heterocycles. The molecule has 1 heterocycles. The maximum Gasteiger partial charge on any atom is 0.269 e. The molecule has 1 aromatic carbocycles. The quantitative estimate of drug-likeness (QED) is 0.845. The van der Waals surface area contributed by atoms with Gasteiger partial charge in [0.05, 0.1) is 12.2 Å². The molecule has 0 atom stereocenters. The van der Waals surface area contributed by atoms with Gasteiger partial charge in [-0.15, -0.1) is 0 Å². The van der Waals surface area contributed by atoms with Crippen molar-refractivity contribution in [2.45, 2.75) is 26.9 Å². The van der Waals surface area contributed by atoms with E-state index in [0.29, 0.717) is 17.8 Å². The first-order chi connectivity index (χ1) is 11.0. The highest BCUT2D eigenvalue weighted by molar-refractivity contribution is 5.95. The van der Waals surface area contributed by atoms with Crippen LogP contribution in [0.3, 0.4) is 0 Å². The number of aryl methyl sites for hydroxylation is 2. The normalized spacial score (nSPS) is 10.4. The molecule has 122 valence electrons. The fraction of sp³-hybridized carbons (Fsp3) is 0.312. The van der Waals surface area contributed by atoms with Crippen LogP contribution in [0.1, 0.15) is 28.7 Å². The minimum atomic E-state index is -0.388. The summed E-state index contributed by atoms with van der Waals surface area (Å²) in [6.07, 6.45) is 0. The van der Waals surface area contributed by atoms with Crippen LogP contribution < -0.4 is 10.6 Å². The van der Waals surface area contributed by atoms with Crippen molar-refractivity contribution in [1.82, 2.24) is 20.4 Å². The number of aromatic nitrogens is 2. The summed E-state index contributed by atoms with van der Waals surface area (Å²) >= 11 is 0. The summed E-state index contributed by atoms with van der Waals surface area (Å²) in [6, 6.07) is 7.87. The van der Waals surface area contributed by atoms with Crippen LogP contribution in [0.15, 0.2) is 30.3 Å². The zero-order valence-corrected chi connectivity index (χ0v) is 13.1. The fourth-order valence-corrected chi connectivity index (χ4v) is 2.12. The molecular formula is C16H19FN4O2. The number of benzene rings is 1. The van der Waals surface area contributed by atoms with Crippen LogP contribution in [0.2, 0.25) is 0 Å². The van der Waals surface area contributed by atoms with Crippen LogP contribution in [-0.4, -0.2) is 28.1 Å². The second-order valence-electron chi connectivity index (χ2n) is 5.04. The van der Waals surface area contributed by atoms with Crippen molar-refractivity contribution >= 4 is 11.8 Å². The number of carbonyl (C=O) groups is 2. The third-order valence-corrected chi connectivity index (χ3v) is 3.28. The summed E-state index contributed by atoms with van der Waals surface area (Å²) in [5, 5.41) is 9.27. The number of halogens is 1. The van der Waals surface area contributed by atoms with Gasteiger partial charge >= 0.3 is 0 Å². The van der Waals surface area contributed by atoms with Crippen molar-refractivity contribution in [2.75, 3.05) is 6.54 Å². The van der Waals surface area contributed by atoms with Crippen molar-refractivity contribution in [1.29, 1.82) is 0 Å². The topological polar surface area (TPSA) is 76.0 Å². The van der Waals surface area contributed by atoms with E-state index in [-0.39, 0.29) is 30.7 Å². The Kier molecular flexibility index (Phi) is 5.46. The predicted molar refractivity (Wildman–Crippen MR) is 83.2 cm³/mol. The predicted octanol–water partition coefficient (Wildman–Crippen LogP) is 1.40. The summed E-state index contributed by atoms with van der Waals surface area (Å²) < 4.78 is 15.0. The van der Waals surface area contributed by atoms with Crippen LogP contribution >= 0.6 is 0 Å². The molecule has 23 heavy (non-hydrogen) atoms. The second kappa shape index (κ2) is 7.53. The van der Waals surface area contributed by atoms with Crippen LogP contribution in [-0.2, 0) is 17.9 Å². The fourth-order valence-electron chi connectivity index (χ4n) is 2.12. The first-order valence-corrected chi connectivity index (χ1v) is 7.34. The lowest BCUT2D eigenvalue weighted by molar-refractivity contribution is -0.120. The number of amides is 2. The number of hydrogen-bond donors (Lipinski definition) is 2. The van der Waals surface area contributed by atoms with E-state index in [0.717, 1.165) is 5.69 Å². The molecule has 0 aliphatic carbocycles. The Labute approximate surface area is 133 Å². The zero-order valence-electron chi connectivity index (χ0n) is 13.1. The molecule has 0 unspecified atom stereocenters. The van der Waals surface area contributed by atoms with Gasteiger partial charge < -0.3 is 10.6 Å². The third-order valence-electron chi connectivity index (χ3n) is 3.28. The van der Waals surface area contributed by atoms with Gasteiger partial charge in [0, 0.05) is 18.7 Å². The monoisotopic (exact) mass is 318 g/mol. The van der Waals surface area contributed by atoms with Crippen molar-refractivity contribution < 1.29 is 14.0 Å². The molecule has 1 aromatic heterocycles. The van der Waals surface area contributed by atoms with E-state index in [1.807, 2.05) is 6.92 Å². The lowest BCUT2D eigenvalue weighted by atomic mass is 10.2. The first-order valence-electron chi connectivity index (χ1n) is 7.34. The second-order valence-corrected chi connectivity index (χ2v) is 5.04. The Bertz CT molecular complexity index is 712. The highest BCUT2D eigenvalue weighted by atomic mass is 19.1. The first kappa shape index (κ1) is 16.7. The summed E-state index contributed by atoms with van der Waals surface area (Å²) in [5.74, 6) is -1.13. The Morgan fingerprint density at radius 3 is 2.70 bits per heavy atom. The minimum Gasteiger partial charge on any atom is -0.350 e. The van der Waals surface area contributed by atoms with Gasteiger partial charge in [0.25, 0.3) is 5.91 Å². The number of hydrogen-bond acceptors (Lipinski definition) is 3. The Morgan fingerprint density at radius 2 is 2.00 bits per heavy atom. The third kappa shape index (κ3) is 4.38. The molecule has 2 rings (SSSR count). The molecule has 0 bridgehead atoms. The summed E-state index contributed by atoms with van der Waals surface area (Å²) in [6.45, 7) is 4.14. The summed E-state index contributed by atoms with van der Waals surface area (Å²) in [5.41, 5.74) is 1.54. The lowest BCUT2D eigenvalue weighted by Gasteiger charge is -2.08. The van der Waals surface area contributed by atoms with E-state index in [9.17, 15) is 14.0 Å². The molecule has 7 heteroatoms. The van der Waals surface area contributed by atoms with E-state index in [1.54, 1.807) is 35.9 Å². The minimum absolute atomic E-state index is 0.0768. The van der Waals surface area contributed by atoms with E-state index in [1.165, 1.54) is 6.07 Å². The zero-order chi connectivity index (χ0) is 16.8. The maximum absolute atomic E-state index is 13.4. The molecule has 2 amide bonds. The van der Waals surface area contributed by atoms with Crippen molar-refractivity contribution in [3.05, 3.63) is 53.1 Å². The van der Waals surface area contributed by atoms with Crippen LogP contribution in [0, 0.1) is 12.7 Å². The van der Waals surface area contributed by atoms with Gasteiger partial charge in [-0.3, -0.25) is 14.3 Å². The Morgan fingerprint density at radius 1 is 1.26 bits per heavy atom. The molecule has 2 N–H and O–H groups in total. The standard InChI is InChI=1S/C16H19FN4O2/c1-3-21-14(8-11(2)20-21)16(23)19-10-15(22)18-9-12-6-4-5-7-13(12)17/h4-8H,3,9-10H2,1-2H3,(H,18,22)(H,19,23). The molecular weight excluding hydrogens is 299 g/mol. The van der Waals surface area contributed by atoms with Gasteiger partial charge in [0.1, 0.15) is 11.5 Å². The molecule has 6 nitrogen and oxygen atoms in total. The van der Waals surface area contributed by atoms with Gasteiger partial charge in [-0.25, -0.2) is 4.39 Å².